The van der Waals surface area contributed by atoms with Crippen LogP contribution in [0.4, 0.5) is 0 Å². The van der Waals surface area contributed by atoms with Gasteiger partial charge in [0.05, 0.1) is 11.0 Å². The van der Waals surface area contributed by atoms with E-state index >= 15 is 0 Å². The van der Waals surface area contributed by atoms with Crippen LogP contribution < -0.4 is 0 Å². The van der Waals surface area contributed by atoms with Gasteiger partial charge in [-0.15, -0.1) is 0 Å². The Kier molecular flexibility index (Phi) is 2.27. The summed E-state index contributed by atoms with van der Waals surface area (Å²) in [5, 5.41) is 1.02. The highest BCUT2D eigenvalue weighted by molar-refractivity contribution is 7.99. The summed E-state index contributed by atoms with van der Waals surface area (Å²) in [7, 11) is 0. The number of nitrogens with zero attached hydrogens (tertiary/aromatic N) is 1. The van der Waals surface area contributed by atoms with Crippen LogP contribution in [-0.2, 0) is 0 Å². The van der Waals surface area contributed by atoms with Gasteiger partial charge in [0, 0.05) is 0 Å². The molecule has 0 aliphatic carbocycles. The molecule has 1 aromatic carbocycles. The minimum atomic E-state index is 1.02. The number of H-pyrrole nitrogens is 1. The number of benzene rings is 1. The van der Waals surface area contributed by atoms with E-state index in [4.69, 9.17) is 0 Å². The zero-order valence-electron chi connectivity index (χ0n) is 7.79. The van der Waals surface area contributed by atoms with E-state index in [0.29, 0.717) is 0 Å². The lowest BCUT2D eigenvalue weighted by Gasteiger charge is -1.89. The van der Waals surface area contributed by atoms with E-state index in [0.717, 1.165) is 21.9 Å². The average Bonchev–Trinajstić information content (AvgIpc) is 2.46. The van der Waals surface area contributed by atoms with Gasteiger partial charge in [-0.2, -0.15) is 0 Å². The molecule has 13 heavy (non-hydrogen) atoms. The molecule has 1 aromatic heterocycles. The molecule has 0 saturated heterocycles. The Morgan fingerprint density at radius 1 is 1.46 bits per heavy atom. The van der Waals surface area contributed by atoms with Gasteiger partial charge in [-0.25, -0.2) is 4.98 Å². The summed E-state index contributed by atoms with van der Waals surface area (Å²) in [6, 6.07) is 6.27. The Morgan fingerprint density at radius 3 is 3.08 bits per heavy atom. The SMILES string of the molecule is CCSc1nc2ccc(C)cc2[nH]1. The van der Waals surface area contributed by atoms with Crippen LogP contribution in [0.5, 0.6) is 0 Å². The van der Waals surface area contributed by atoms with Gasteiger partial charge in [-0.05, 0) is 30.4 Å². The highest BCUT2D eigenvalue weighted by atomic mass is 32.2. The highest BCUT2D eigenvalue weighted by Gasteiger charge is 2.01. The third kappa shape index (κ3) is 1.70. The van der Waals surface area contributed by atoms with E-state index in [1.54, 1.807) is 11.8 Å². The molecule has 1 N–H and O–H groups in total. The van der Waals surface area contributed by atoms with Gasteiger partial charge in [0.25, 0.3) is 0 Å². The fourth-order valence-electron chi connectivity index (χ4n) is 1.31. The number of imidazole rings is 1. The van der Waals surface area contributed by atoms with E-state index in [-0.39, 0.29) is 0 Å². The molecule has 0 atom stereocenters. The molecule has 0 saturated carbocycles. The molecular formula is C10H12N2S. The summed E-state index contributed by atoms with van der Waals surface area (Å²) < 4.78 is 0. The van der Waals surface area contributed by atoms with Crippen LogP contribution in [0.2, 0.25) is 0 Å². The molecule has 68 valence electrons. The predicted octanol–water partition coefficient (Wildman–Crippen LogP) is 2.98. The van der Waals surface area contributed by atoms with E-state index in [2.05, 4.69) is 42.0 Å². The summed E-state index contributed by atoms with van der Waals surface area (Å²) in [4.78, 5) is 7.74. The maximum atomic E-state index is 4.45. The second kappa shape index (κ2) is 3.42. The third-order valence-electron chi connectivity index (χ3n) is 1.90. The second-order valence-electron chi connectivity index (χ2n) is 3.00. The molecule has 0 fully saturated rings. The van der Waals surface area contributed by atoms with Gasteiger partial charge in [0.2, 0.25) is 0 Å². The van der Waals surface area contributed by atoms with Gasteiger partial charge in [-0.1, -0.05) is 24.8 Å². The van der Waals surface area contributed by atoms with Crippen LogP contribution >= 0.6 is 11.8 Å². The quantitative estimate of drug-likeness (QED) is 0.741. The Labute approximate surface area is 81.8 Å². The molecule has 0 amide bonds. The van der Waals surface area contributed by atoms with Crippen LogP contribution in [0.15, 0.2) is 23.4 Å². The first-order valence-corrected chi connectivity index (χ1v) is 5.37. The monoisotopic (exact) mass is 192 g/mol. The predicted molar refractivity (Wildman–Crippen MR) is 57.2 cm³/mol. The minimum Gasteiger partial charge on any atom is -0.333 e. The van der Waals surface area contributed by atoms with Crippen LogP contribution in [0, 0.1) is 6.92 Å². The fourth-order valence-corrected chi connectivity index (χ4v) is 1.92. The van der Waals surface area contributed by atoms with Crippen LogP contribution in [-0.4, -0.2) is 15.7 Å². The number of hydrogen-bond donors (Lipinski definition) is 1. The van der Waals surface area contributed by atoms with Crippen LogP contribution in [0.25, 0.3) is 11.0 Å². The zero-order chi connectivity index (χ0) is 9.26. The van der Waals surface area contributed by atoms with Crippen molar-refractivity contribution in [2.45, 2.75) is 19.0 Å². The number of aryl methyl sites for hydroxylation is 1. The van der Waals surface area contributed by atoms with Crippen molar-refractivity contribution < 1.29 is 0 Å². The van der Waals surface area contributed by atoms with Crippen LogP contribution in [0.3, 0.4) is 0 Å². The van der Waals surface area contributed by atoms with E-state index < -0.39 is 0 Å². The number of fused-ring (bicyclic) bond motifs is 1. The number of hydrogen-bond acceptors (Lipinski definition) is 2. The van der Waals surface area contributed by atoms with Crippen molar-refractivity contribution in [1.82, 2.24) is 9.97 Å². The Morgan fingerprint density at radius 2 is 2.31 bits per heavy atom. The summed E-state index contributed by atoms with van der Waals surface area (Å²) in [6.07, 6.45) is 0. The molecule has 0 radical (unpaired) electrons. The number of rotatable bonds is 2. The van der Waals surface area contributed by atoms with Crippen LogP contribution in [0.1, 0.15) is 12.5 Å². The molecule has 1 heterocycles. The van der Waals surface area contributed by atoms with Crippen molar-refractivity contribution in [2.75, 3.05) is 5.75 Å². The van der Waals surface area contributed by atoms with E-state index in [1.807, 2.05) is 0 Å². The molecule has 0 spiro atoms. The van der Waals surface area contributed by atoms with Gasteiger partial charge in [0.1, 0.15) is 0 Å². The maximum absolute atomic E-state index is 4.45. The number of aromatic amines is 1. The molecular weight excluding hydrogens is 180 g/mol. The smallest absolute Gasteiger partial charge is 0.166 e. The van der Waals surface area contributed by atoms with E-state index in [9.17, 15) is 0 Å². The normalized spacial score (nSPS) is 10.9. The lowest BCUT2D eigenvalue weighted by atomic mass is 10.2. The molecule has 2 nitrogen and oxygen atoms in total. The molecule has 0 aliphatic rings. The lowest BCUT2D eigenvalue weighted by molar-refractivity contribution is 1.08. The Balaban J connectivity index is 2.49. The number of thioether (sulfide) groups is 1. The molecule has 0 unspecified atom stereocenters. The highest BCUT2D eigenvalue weighted by Crippen LogP contribution is 2.19. The molecule has 0 bridgehead atoms. The van der Waals surface area contributed by atoms with Crippen molar-refractivity contribution in [3.05, 3.63) is 23.8 Å². The summed E-state index contributed by atoms with van der Waals surface area (Å²) in [5.41, 5.74) is 3.46. The largest absolute Gasteiger partial charge is 0.333 e. The third-order valence-corrected chi connectivity index (χ3v) is 2.65. The minimum absolute atomic E-state index is 1.02. The fraction of sp³-hybridized carbons (Fsp3) is 0.300. The molecule has 3 heteroatoms. The van der Waals surface area contributed by atoms with Gasteiger partial charge >= 0.3 is 0 Å². The maximum Gasteiger partial charge on any atom is 0.166 e. The average molecular weight is 192 g/mol. The summed E-state index contributed by atoms with van der Waals surface area (Å²) in [5.74, 6) is 1.05. The van der Waals surface area contributed by atoms with Crippen molar-refractivity contribution >= 4 is 22.8 Å². The molecule has 2 aromatic rings. The molecule has 0 aliphatic heterocycles. The van der Waals surface area contributed by atoms with Gasteiger partial charge in [0.15, 0.2) is 5.16 Å². The second-order valence-corrected chi connectivity index (χ2v) is 4.25. The summed E-state index contributed by atoms with van der Waals surface area (Å²) >= 11 is 1.74. The Bertz CT molecular complexity index is 420. The number of aromatic nitrogens is 2. The first-order valence-electron chi connectivity index (χ1n) is 4.39. The van der Waals surface area contributed by atoms with Crippen molar-refractivity contribution in [1.29, 1.82) is 0 Å². The first kappa shape index (κ1) is 8.63. The van der Waals surface area contributed by atoms with Crippen molar-refractivity contribution in [3.63, 3.8) is 0 Å². The van der Waals surface area contributed by atoms with Gasteiger partial charge < -0.3 is 4.98 Å². The zero-order valence-corrected chi connectivity index (χ0v) is 8.61. The van der Waals surface area contributed by atoms with Gasteiger partial charge in [-0.3, -0.25) is 0 Å². The summed E-state index contributed by atoms with van der Waals surface area (Å²) in [6.45, 7) is 4.22. The number of nitrogens with one attached hydrogen (secondary N) is 1. The van der Waals surface area contributed by atoms with E-state index in [1.165, 1.54) is 5.56 Å². The Hall–Kier alpha value is -0.960. The molecule has 2 rings (SSSR count). The topological polar surface area (TPSA) is 28.7 Å². The first-order chi connectivity index (χ1) is 6.29. The van der Waals surface area contributed by atoms with Crippen molar-refractivity contribution in [2.24, 2.45) is 0 Å². The van der Waals surface area contributed by atoms with Crippen molar-refractivity contribution in [3.8, 4) is 0 Å². The standard InChI is InChI=1S/C10H12N2S/c1-3-13-10-11-8-5-4-7(2)6-9(8)12-10/h4-6H,3H2,1-2H3,(H,11,12). The lowest BCUT2D eigenvalue weighted by Crippen LogP contribution is -1.73.